The zero-order chi connectivity index (χ0) is 17.0. The van der Waals surface area contributed by atoms with E-state index in [2.05, 4.69) is 5.10 Å². The molecule has 0 aliphatic carbocycles. The molecule has 0 aliphatic rings. The predicted molar refractivity (Wildman–Crippen MR) is 83.5 cm³/mol. The van der Waals surface area contributed by atoms with Crippen LogP contribution >= 0.6 is 11.6 Å². The van der Waals surface area contributed by atoms with E-state index in [1.54, 1.807) is 25.1 Å². The van der Waals surface area contributed by atoms with Crippen molar-refractivity contribution in [3.05, 3.63) is 52.6 Å². The Balaban J connectivity index is 2.26. The van der Waals surface area contributed by atoms with Crippen LogP contribution in [0.5, 0.6) is 0 Å². The van der Waals surface area contributed by atoms with Crippen LogP contribution in [0.15, 0.2) is 30.3 Å². The largest absolute Gasteiger partial charge is 0.444 e. The Bertz CT molecular complexity index is 791. The van der Waals surface area contributed by atoms with Crippen molar-refractivity contribution in [2.75, 3.05) is 0 Å². The maximum absolute atomic E-state index is 13.0. The molecule has 0 spiro atoms. The summed E-state index contributed by atoms with van der Waals surface area (Å²) in [5, 5.41) is 13.1. The third-order valence-corrected chi connectivity index (χ3v) is 3.34. The third-order valence-electron chi connectivity index (χ3n) is 2.98. The Hall–Kier alpha value is -2.65. The maximum Gasteiger partial charge on any atom is 0.332 e. The number of benzene rings is 1. The van der Waals surface area contributed by atoms with E-state index in [0.717, 1.165) is 0 Å². The van der Waals surface area contributed by atoms with Gasteiger partial charge in [0, 0.05) is 11.6 Å². The molecule has 0 amide bonds. The van der Waals surface area contributed by atoms with Crippen LogP contribution in [0.2, 0.25) is 5.15 Å². The highest BCUT2D eigenvalue weighted by molar-refractivity contribution is 6.31. The van der Waals surface area contributed by atoms with Gasteiger partial charge in [-0.15, -0.1) is 0 Å². The van der Waals surface area contributed by atoms with Gasteiger partial charge < -0.3 is 4.74 Å². The first-order chi connectivity index (χ1) is 10.9. The van der Waals surface area contributed by atoms with E-state index in [-0.39, 0.29) is 11.0 Å². The SMILES string of the molecule is Cc1nn(-c2ccc(F)cc2)c(Cl)c1/C=C/C(=O)O[C@@H](C)C#N. The lowest BCUT2D eigenvalue weighted by molar-refractivity contribution is -0.139. The average Bonchev–Trinajstić information content (AvgIpc) is 2.80. The van der Waals surface area contributed by atoms with Gasteiger partial charge in [0.15, 0.2) is 6.10 Å². The topological polar surface area (TPSA) is 67.9 Å². The summed E-state index contributed by atoms with van der Waals surface area (Å²) in [7, 11) is 0. The fourth-order valence-electron chi connectivity index (χ4n) is 1.85. The highest BCUT2D eigenvalue weighted by Gasteiger charge is 2.13. The number of hydrogen-bond acceptors (Lipinski definition) is 4. The molecule has 0 unspecified atom stereocenters. The fraction of sp³-hybridized carbons (Fsp3) is 0.188. The first kappa shape index (κ1) is 16.7. The van der Waals surface area contributed by atoms with E-state index in [9.17, 15) is 9.18 Å². The lowest BCUT2D eigenvalue weighted by Crippen LogP contribution is -2.10. The van der Waals surface area contributed by atoms with E-state index >= 15 is 0 Å². The molecule has 1 heterocycles. The number of esters is 1. The van der Waals surface area contributed by atoms with Crippen LogP contribution in [0.4, 0.5) is 4.39 Å². The molecule has 1 aromatic carbocycles. The molecular formula is C16H13ClFN3O2. The van der Waals surface area contributed by atoms with Gasteiger partial charge in [-0.3, -0.25) is 0 Å². The lowest BCUT2D eigenvalue weighted by atomic mass is 10.2. The number of rotatable bonds is 4. The second kappa shape index (κ2) is 7.07. The third kappa shape index (κ3) is 3.96. The fourth-order valence-corrected chi connectivity index (χ4v) is 2.18. The molecule has 118 valence electrons. The zero-order valence-electron chi connectivity index (χ0n) is 12.5. The van der Waals surface area contributed by atoms with Crippen molar-refractivity contribution < 1.29 is 13.9 Å². The van der Waals surface area contributed by atoms with Crippen molar-refractivity contribution in [1.29, 1.82) is 5.26 Å². The Labute approximate surface area is 137 Å². The maximum atomic E-state index is 13.0. The van der Waals surface area contributed by atoms with Crippen LogP contribution in [-0.2, 0) is 9.53 Å². The molecule has 0 bridgehead atoms. The molecule has 1 atom stereocenters. The normalized spacial score (nSPS) is 12.1. The molecule has 1 aromatic heterocycles. The van der Waals surface area contributed by atoms with Gasteiger partial charge in [-0.1, -0.05) is 11.6 Å². The molecule has 0 N–H and O–H groups in total. The summed E-state index contributed by atoms with van der Waals surface area (Å²) < 4.78 is 19.2. The van der Waals surface area contributed by atoms with Gasteiger partial charge in [0.05, 0.1) is 11.4 Å². The minimum atomic E-state index is -0.828. The number of nitriles is 1. The molecule has 0 saturated carbocycles. The number of aryl methyl sites for hydroxylation is 1. The van der Waals surface area contributed by atoms with Gasteiger partial charge in [0.2, 0.25) is 0 Å². The smallest absolute Gasteiger partial charge is 0.332 e. The number of carbonyl (C=O) groups is 1. The van der Waals surface area contributed by atoms with Crippen LogP contribution < -0.4 is 0 Å². The summed E-state index contributed by atoms with van der Waals surface area (Å²) in [5.74, 6) is -1.01. The summed E-state index contributed by atoms with van der Waals surface area (Å²) in [6.07, 6.45) is 1.82. The van der Waals surface area contributed by atoms with E-state index in [1.807, 2.05) is 0 Å². The zero-order valence-corrected chi connectivity index (χ0v) is 13.2. The molecular weight excluding hydrogens is 321 g/mol. The minimum absolute atomic E-state index is 0.284. The van der Waals surface area contributed by atoms with Crippen molar-refractivity contribution in [2.24, 2.45) is 0 Å². The summed E-state index contributed by atoms with van der Waals surface area (Å²) in [6, 6.07) is 7.50. The van der Waals surface area contributed by atoms with Crippen molar-refractivity contribution in [1.82, 2.24) is 9.78 Å². The second-order valence-electron chi connectivity index (χ2n) is 4.72. The van der Waals surface area contributed by atoms with Crippen LogP contribution in [0, 0.1) is 24.1 Å². The summed E-state index contributed by atoms with van der Waals surface area (Å²) >= 11 is 6.27. The molecule has 0 saturated heterocycles. The van der Waals surface area contributed by atoms with Crippen LogP contribution in [-0.4, -0.2) is 21.9 Å². The van der Waals surface area contributed by atoms with Gasteiger partial charge in [0.25, 0.3) is 0 Å². The van der Waals surface area contributed by atoms with Crippen molar-refractivity contribution in [2.45, 2.75) is 20.0 Å². The standard InChI is InChI=1S/C16H13ClFN3O2/c1-10(9-19)23-15(22)8-7-14-11(2)20-21(16(14)17)13-5-3-12(18)4-6-13/h3-8,10H,1-2H3/b8-7+/t10-/m0/s1. The molecule has 7 heteroatoms. The van der Waals surface area contributed by atoms with Gasteiger partial charge in [-0.05, 0) is 44.2 Å². The Morgan fingerprint density at radius 2 is 2.13 bits per heavy atom. The molecule has 0 fully saturated rings. The monoisotopic (exact) mass is 333 g/mol. The van der Waals surface area contributed by atoms with E-state index in [4.69, 9.17) is 21.6 Å². The number of hydrogen-bond donors (Lipinski definition) is 0. The number of carbonyl (C=O) groups excluding carboxylic acids is 1. The summed E-state index contributed by atoms with van der Waals surface area (Å²) in [6.45, 7) is 3.20. The van der Waals surface area contributed by atoms with Gasteiger partial charge >= 0.3 is 5.97 Å². The van der Waals surface area contributed by atoms with Crippen molar-refractivity contribution in [3.63, 3.8) is 0 Å². The van der Waals surface area contributed by atoms with Crippen molar-refractivity contribution in [3.8, 4) is 11.8 Å². The molecule has 0 aliphatic heterocycles. The Kier molecular flexibility index (Phi) is 5.14. The Morgan fingerprint density at radius 1 is 1.48 bits per heavy atom. The first-order valence-corrected chi connectivity index (χ1v) is 7.09. The molecule has 2 aromatic rings. The van der Waals surface area contributed by atoms with Gasteiger partial charge in [-0.2, -0.15) is 10.4 Å². The highest BCUT2D eigenvalue weighted by Crippen LogP contribution is 2.24. The van der Waals surface area contributed by atoms with E-state index < -0.39 is 12.1 Å². The summed E-state index contributed by atoms with van der Waals surface area (Å²) in [4.78, 5) is 11.6. The molecule has 23 heavy (non-hydrogen) atoms. The van der Waals surface area contributed by atoms with Gasteiger partial charge in [0.1, 0.15) is 17.0 Å². The Morgan fingerprint density at radius 3 is 2.74 bits per heavy atom. The quantitative estimate of drug-likeness (QED) is 0.635. The molecule has 5 nitrogen and oxygen atoms in total. The average molecular weight is 334 g/mol. The van der Waals surface area contributed by atoms with Crippen LogP contribution in [0.1, 0.15) is 18.2 Å². The number of nitrogens with zero attached hydrogens (tertiary/aromatic N) is 3. The molecule has 2 rings (SSSR count). The minimum Gasteiger partial charge on any atom is -0.444 e. The number of ether oxygens (including phenoxy) is 1. The predicted octanol–water partition coefficient (Wildman–Crippen LogP) is 3.44. The van der Waals surface area contributed by atoms with E-state index in [1.165, 1.54) is 35.9 Å². The highest BCUT2D eigenvalue weighted by atomic mass is 35.5. The van der Waals surface area contributed by atoms with Crippen molar-refractivity contribution >= 4 is 23.6 Å². The van der Waals surface area contributed by atoms with Gasteiger partial charge in [-0.25, -0.2) is 13.9 Å². The summed E-state index contributed by atoms with van der Waals surface area (Å²) in [5.41, 5.74) is 1.73. The van der Waals surface area contributed by atoms with E-state index in [0.29, 0.717) is 16.9 Å². The lowest BCUT2D eigenvalue weighted by Gasteiger charge is -2.03. The molecule has 0 radical (unpaired) electrons. The van der Waals surface area contributed by atoms with Crippen LogP contribution in [0.3, 0.4) is 0 Å². The number of halogens is 2. The van der Waals surface area contributed by atoms with Crippen LogP contribution in [0.25, 0.3) is 11.8 Å². The first-order valence-electron chi connectivity index (χ1n) is 6.71. The second-order valence-corrected chi connectivity index (χ2v) is 5.08. The number of aromatic nitrogens is 2.